The van der Waals surface area contributed by atoms with Crippen LogP contribution in [0.5, 0.6) is 0 Å². The molecule has 0 aliphatic carbocycles. The molecule has 3 rings (SSSR count). The third-order valence-electron chi connectivity index (χ3n) is 4.20. The Labute approximate surface area is 153 Å². The van der Waals surface area contributed by atoms with Gasteiger partial charge in [-0.25, -0.2) is 0 Å². The van der Waals surface area contributed by atoms with Crippen LogP contribution in [0.4, 0.5) is 5.69 Å². The van der Waals surface area contributed by atoms with Crippen molar-refractivity contribution in [1.82, 2.24) is 4.90 Å². The van der Waals surface area contributed by atoms with Gasteiger partial charge in [-0.1, -0.05) is 35.9 Å². The minimum atomic E-state index is 0. The van der Waals surface area contributed by atoms with Gasteiger partial charge in [-0.3, -0.25) is 4.79 Å². The third kappa shape index (κ3) is 4.01. The topological polar surface area (TPSA) is 49.6 Å². The average Bonchev–Trinajstić information content (AvgIpc) is 2.62. The average molecular weight is 366 g/mol. The molecule has 4 nitrogen and oxygen atoms in total. The summed E-state index contributed by atoms with van der Waals surface area (Å²) in [4.78, 5) is 16.7. The van der Waals surface area contributed by atoms with Crippen molar-refractivity contribution < 1.29 is 4.79 Å². The minimum Gasteiger partial charge on any atom is -0.367 e. The fraction of sp³-hybridized carbons (Fsp3) is 0.278. The van der Waals surface area contributed by atoms with Crippen molar-refractivity contribution in [3.63, 3.8) is 0 Å². The summed E-state index contributed by atoms with van der Waals surface area (Å²) in [6, 6.07) is 15.4. The first-order valence-electron chi connectivity index (χ1n) is 7.77. The van der Waals surface area contributed by atoms with E-state index in [2.05, 4.69) is 4.90 Å². The number of nitrogens with zero attached hydrogens (tertiary/aromatic N) is 2. The van der Waals surface area contributed by atoms with Crippen LogP contribution in [-0.2, 0) is 6.54 Å². The fourth-order valence-electron chi connectivity index (χ4n) is 2.82. The van der Waals surface area contributed by atoms with E-state index in [-0.39, 0.29) is 18.3 Å². The maximum atomic E-state index is 12.6. The highest BCUT2D eigenvalue weighted by Gasteiger charge is 2.23. The second-order valence-corrected chi connectivity index (χ2v) is 6.04. The van der Waals surface area contributed by atoms with E-state index in [4.69, 9.17) is 17.3 Å². The number of benzene rings is 2. The zero-order chi connectivity index (χ0) is 16.2. The Hall–Kier alpha value is -1.75. The van der Waals surface area contributed by atoms with Gasteiger partial charge in [0.25, 0.3) is 5.91 Å². The Morgan fingerprint density at radius 3 is 2.21 bits per heavy atom. The van der Waals surface area contributed by atoms with E-state index < -0.39 is 0 Å². The first-order chi connectivity index (χ1) is 11.2. The molecular formula is C18H21Cl2N3O. The van der Waals surface area contributed by atoms with Gasteiger partial charge >= 0.3 is 0 Å². The Kier molecular flexibility index (Phi) is 6.49. The van der Waals surface area contributed by atoms with E-state index in [1.54, 1.807) is 0 Å². The molecule has 1 saturated heterocycles. The summed E-state index contributed by atoms with van der Waals surface area (Å²) in [7, 11) is 0. The molecule has 0 bridgehead atoms. The van der Waals surface area contributed by atoms with Crippen molar-refractivity contribution in [2.75, 3.05) is 31.1 Å². The third-order valence-corrected chi connectivity index (χ3v) is 4.52. The molecule has 2 aromatic carbocycles. The summed E-state index contributed by atoms with van der Waals surface area (Å²) in [5.41, 5.74) is 8.37. The molecule has 1 aliphatic heterocycles. The first-order valence-corrected chi connectivity index (χ1v) is 8.14. The zero-order valence-corrected chi connectivity index (χ0v) is 14.9. The highest BCUT2D eigenvalue weighted by atomic mass is 35.5. The van der Waals surface area contributed by atoms with Crippen molar-refractivity contribution in [3.05, 3.63) is 64.7 Å². The molecule has 1 aliphatic rings. The number of nitrogens with two attached hydrogens (primary N) is 1. The van der Waals surface area contributed by atoms with Gasteiger partial charge in [0, 0.05) is 38.3 Å². The van der Waals surface area contributed by atoms with Gasteiger partial charge in [-0.2, -0.15) is 0 Å². The summed E-state index contributed by atoms with van der Waals surface area (Å²) in [5, 5.41) is 0.754. The molecule has 0 unspecified atom stereocenters. The van der Waals surface area contributed by atoms with Crippen LogP contribution in [0.25, 0.3) is 0 Å². The van der Waals surface area contributed by atoms with E-state index in [9.17, 15) is 4.79 Å². The Bertz CT molecular complexity index is 683. The highest BCUT2D eigenvalue weighted by molar-refractivity contribution is 6.33. The minimum absolute atomic E-state index is 0. The lowest BCUT2D eigenvalue weighted by Crippen LogP contribution is -2.48. The van der Waals surface area contributed by atoms with Crippen LogP contribution >= 0.6 is 24.0 Å². The van der Waals surface area contributed by atoms with Crippen LogP contribution in [0.2, 0.25) is 5.02 Å². The molecule has 1 amide bonds. The normalized spacial score (nSPS) is 14.2. The Morgan fingerprint density at radius 1 is 1.00 bits per heavy atom. The maximum absolute atomic E-state index is 12.6. The van der Waals surface area contributed by atoms with E-state index in [0.29, 0.717) is 25.2 Å². The van der Waals surface area contributed by atoms with Gasteiger partial charge in [-0.15, -0.1) is 12.4 Å². The van der Waals surface area contributed by atoms with Crippen molar-refractivity contribution in [2.24, 2.45) is 5.73 Å². The zero-order valence-electron chi connectivity index (χ0n) is 13.3. The summed E-state index contributed by atoms with van der Waals surface area (Å²) in [5.74, 6) is 0.0763. The number of halogens is 2. The molecule has 2 aromatic rings. The molecule has 128 valence electrons. The number of piperazine rings is 1. The van der Waals surface area contributed by atoms with Crippen molar-refractivity contribution in [1.29, 1.82) is 0 Å². The number of para-hydroxylation sites is 1. The fourth-order valence-corrected chi connectivity index (χ4v) is 3.08. The summed E-state index contributed by atoms with van der Waals surface area (Å²) in [6.07, 6.45) is 0. The predicted molar refractivity (Wildman–Crippen MR) is 101 cm³/mol. The van der Waals surface area contributed by atoms with Crippen molar-refractivity contribution in [3.8, 4) is 0 Å². The van der Waals surface area contributed by atoms with Gasteiger partial charge in [0.1, 0.15) is 0 Å². The number of rotatable bonds is 3. The molecule has 6 heteroatoms. The van der Waals surface area contributed by atoms with Crippen LogP contribution in [-0.4, -0.2) is 37.0 Å². The van der Waals surface area contributed by atoms with Crippen LogP contribution in [0.15, 0.2) is 48.5 Å². The van der Waals surface area contributed by atoms with Crippen LogP contribution in [0.3, 0.4) is 0 Å². The van der Waals surface area contributed by atoms with E-state index in [1.807, 2.05) is 53.4 Å². The monoisotopic (exact) mass is 365 g/mol. The Morgan fingerprint density at radius 2 is 1.62 bits per heavy atom. The van der Waals surface area contributed by atoms with Gasteiger partial charge in [0.2, 0.25) is 0 Å². The number of carbonyl (C=O) groups is 1. The molecule has 0 spiro atoms. The van der Waals surface area contributed by atoms with E-state index in [0.717, 1.165) is 29.4 Å². The lowest BCUT2D eigenvalue weighted by atomic mass is 10.1. The van der Waals surface area contributed by atoms with Crippen molar-refractivity contribution >= 4 is 35.6 Å². The number of hydrogen-bond acceptors (Lipinski definition) is 3. The quantitative estimate of drug-likeness (QED) is 0.908. The first kappa shape index (κ1) is 18.6. The smallest absolute Gasteiger partial charge is 0.253 e. The lowest BCUT2D eigenvalue weighted by molar-refractivity contribution is 0.0747. The summed E-state index contributed by atoms with van der Waals surface area (Å²) >= 11 is 6.25. The van der Waals surface area contributed by atoms with Crippen LogP contribution < -0.4 is 10.6 Å². The van der Waals surface area contributed by atoms with Gasteiger partial charge in [0.15, 0.2) is 0 Å². The SMILES string of the molecule is Cl.NCc1ccc(C(=O)N2CCN(c3ccccc3Cl)CC2)cc1. The summed E-state index contributed by atoms with van der Waals surface area (Å²) in [6.45, 7) is 3.46. The predicted octanol–water partition coefficient (Wildman–Crippen LogP) is 3.18. The molecule has 0 radical (unpaired) electrons. The highest BCUT2D eigenvalue weighted by Crippen LogP contribution is 2.26. The molecule has 0 atom stereocenters. The molecule has 1 heterocycles. The molecule has 24 heavy (non-hydrogen) atoms. The number of amides is 1. The molecular weight excluding hydrogens is 345 g/mol. The van der Waals surface area contributed by atoms with E-state index in [1.165, 1.54) is 0 Å². The van der Waals surface area contributed by atoms with Crippen LogP contribution in [0, 0.1) is 0 Å². The molecule has 0 saturated carbocycles. The maximum Gasteiger partial charge on any atom is 0.253 e. The standard InChI is InChI=1S/C18H20ClN3O.ClH/c19-16-3-1-2-4-17(16)21-9-11-22(12-10-21)18(23)15-7-5-14(13-20)6-8-15;/h1-8H,9-13,20H2;1H. The molecule has 2 N–H and O–H groups in total. The molecule has 1 fully saturated rings. The largest absolute Gasteiger partial charge is 0.367 e. The van der Waals surface area contributed by atoms with Gasteiger partial charge in [0.05, 0.1) is 10.7 Å². The lowest BCUT2D eigenvalue weighted by Gasteiger charge is -2.36. The summed E-state index contributed by atoms with van der Waals surface area (Å²) < 4.78 is 0. The number of hydrogen-bond donors (Lipinski definition) is 1. The Balaban J connectivity index is 0.00000208. The second kappa shape index (κ2) is 8.38. The van der Waals surface area contributed by atoms with Crippen LogP contribution in [0.1, 0.15) is 15.9 Å². The molecule has 0 aromatic heterocycles. The second-order valence-electron chi connectivity index (χ2n) is 5.63. The van der Waals surface area contributed by atoms with Crippen molar-refractivity contribution in [2.45, 2.75) is 6.54 Å². The van der Waals surface area contributed by atoms with Gasteiger partial charge in [-0.05, 0) is 29.8 Å². The van der Waals surface area contributed by atoms with E-state index >= 15 is 0 Å². The number of carbonyl (C=O) groups excluding carboxylic acids is 1. The van der Waals surface area contributed by atoms with Gasteiger partial charge < -0.3 is 15.5 Å². The number of anilines is 1.